The fourth-order valence-corrected chi connectivity index (χ4v) is 3.18. The predicted octanol–water partition coefficient (Wildman–Crippen LogP) is 1.86. The Kier molecular flexibility index (Phi) is 9.17. The van der Waals surface area contributed by atoms with E-state index in [9.17, 15) is 19.2 Å². The molecule has 0 radical (unpaired) electrons. The summed E-state index contributed by atoms with van der Waals surface area (Å²) in [5.74, 6) is 0. The molecular weight excluding hydrogens is 300 g/mol. The molecule has 0 aromatic carbocycles. The zero-order valence-corrected chi connectivity index (χ0v) is 13.5. The van der Waals surface area contributed by atoms with Gasteiger partial charge in [0.2, 0.25) is 24.3 Å². The van der Waals surface area contributed by atoms with Gasteiger partial charge in [-0.1, -0.05) is 20.8 Å². The van der Waals surface area contributed by atoms with Gasteiger partial charge in [-0.05, 0) is 30.1 Å². The van der Waals surface area contributed by atoms with Gasteiger partial charge in [-0.15, -0.1) is 0 Å². The first-order chi connectivity index (χ1) is 10.8. The van der Waals surface area contributed by atoms with Crippen molar-refractivity contribution in [3.05, 3.63) is 0 Å². The second kappa shape index (κ2) is 10.3. The first kappa shape index (κ1) is 20.5. The van der Waals surface area contributed by atoms with Crippen molar-refractivity contribution in [1.29, 1.82) is 0 Å². The fourth-order valence-electron chi connectivity index (χ4n) is 3.18. The van der Waals surface area contributed by atoms with E-state index in [1.54, 1.807) is 12.2 Å². The highest BCUT2D eigenvalue weighted by molar-refractivity contribution is 5.35. The lowest BCUT2D eigenvalue weighted by atomic mass is 9.63. The molecule has 0 amide bonds. The average molecular weight is 320 g/mol. The zero-order chi connectivity index (χ0) is 17.8. The van der Waals surface area contributed by atoms with Crippen LogP contribution in [0.15, 0.2) is 20.0 Å². The summed E-state index contributed by atoms with van der Waals surface area (Å²) < 4.78 is 0. The van der Waals surface area contributed by atoms with E-state index in [0.29, 0.717) is 6.54 Å². The molecule has 23 heavy (non-hydrogen) atoms. The number of hydrogen-bond acceptors (Lipinski definition) is 8. The monoisotopic (exact) mass is 320 g/mol. The van der Waals surface area contributed by atoms with E-state index in [4.69, 9.17) is 0 Å². The Morgan fingerprint density at radius 1 is 0.870 bits per heavy atom. The van der Waals surface area contributed by atoms with Gasteiger partial charge in [0.15, 0.2) is 6.67 Å². The van der Waals surface area contributed by atoms with E-state index in [2.05, 4.69) is 40.7 Å². The Hall–Kier alpha value is -2.48. The Morgan fingerprint density at radius 3 is 1.91 bits per heavy atom. The number of aliphatic imine (C=N–C) groups is 4. The molecule has 124 valence electrons. The summed E-state index contributed by atoms with van der Waals surface area (Å²) in [6.07, 6.45) is 8.29. The van der Waals surface area contributed by atoms with Crippen LogP contribution in [-0.2, 0) is 19.2 Å². The molecule has 0 saturated heterocycles. The number of nitrogens with zero attached hydrogens (tertiary/aromatic N) is 4. The van der Waals surface area contributed by atoms with Gasteiger partial charge in [-0.3, -0.25) is 0 Å². The summed E-state index contributed by atoms with van der Waals surface area (Å²) in [5.41, 5.74) is 0.0561. The van der Waals surface area contributed by atoms with Gasteiger partial charge in [-0.2, -0.15) is 9.98 Å². The van der Waals surface area contributed by atoms with Crippen LogP contribution in [0.2, 0.25) is 0 Å². The smallest absolute Gasteiger partial charge is 0.211 e. The van der Waals surface area contributed by atoms with Crippen LogP contribution in [0.5, 0.6) is 0 Å². The van der Waals surface area contributed by atoms with Gasteiger partial charge in [0.25, 0.3) is 0 Å². The maximum atomic E-state index is 10.3. The van der Waals surface area contributed by atoms with Crippen molar-refractivity contribution in [2.45, 2.75) is 46.1 Å². The third-order valence-electron chi connectivity index (χ3n) is 3.45. The van der Waals surface area contributed by atoms with Gasteiger partial charge in [0, 0.05) is 0 Å². The van der Waals surface area contributed by atoms with Gasteiger partial charge in [0.1, 0.15) is 0 Å². The van der Waals surface area contributed by atoms with Crippen molar-refractivity contribution in [3.63, 3.8) is 0 Å². The third kappa shape index (κ3) is 9.20. The molecular formula is C15H20N4O4. The third-order valence-corrected chi connectivity index (χ3v) is 3.45. The highest BCUT2D eigenvalue weighted by atomic mass is 16.1. The highest BCUT2D eigenvalue weighted by Gasteiger charge is 2.41. The molecule has 0 heterocycles. The van der Waals surface area contributed by atoms with Crippen molar-refractivity contribution in [3.8, 4) is 0 Å². The molecule has 2 unspecified atom stereocenters. The summed E-state index contributed by atoms with van der Waals surface area (Å²) in [6, 6.07) is 0.00750. The molecule has 1 aliphatic carbocycles. The molecule has 1 saturated carbocycles. The summed E-state index contributed by atoms with van der Waals surface area (Å²) >= 11 is 0. The SMILES string of the molecule is CC1(C)CC(N=C=O)CC(C)(CN=C=O)C1.O=C=NCN=C=O. The van der Waals surface area contributed by atoms with Crippen LogP contribution in [0.1, 0.15) is 40.0 Å². The summed E-state index contributed by atoms with van der Waals surface area (Å²) in [7, 11) is 0. The summed E-state index contributed by atoms with van der Waals surface area (Å²) in [5, 5.41) is 0. The predicted molar refractivity (Wildman–Crippen MR) is 81.7 cm³/mol. The Morgan fingerprint density at radius 2 is 1.43 bits per heavy atom. The lowest BCUT2D eigenvalue weighted by Crippen LogP contribution is -2.39. The molecule has 0 N–H and O–H groups in total. The summed E-state index contributed by atoms with van der Waals surface area (Å²) in [4.78, 5) is 52.3. The first-order valence-corrected chi connectivity index (χ1v) is 7.00. The Labute approximate surface area is 134 Å². The van der Waals surface area contributed by atoms with E-state index < -0.39 is 0 Å². The quantitative estimate of drug-likeness (QED) is 0.567. The van der Waals surface area contributed by atoms with Crippen LogP contribution in [0.25, 0.3) is 0 Å². The van der Waals surface area contributed by atoms with Crippen molar-refractivity contribution >= 4 is 24.3 Å². The summed E-state index contributed by atoms with van der Waals surface area (Å²) in [6.45, 7) is 6.70. The van der Waals surface area contributed by atoms with E-state index in [1.165, 1.54) is 12.2 Å². The number of isocyanates is 4. The number of carbonyl (C=O) groups excluding carboxylic acids is 4. The van der Waals surface area contributed by atoms with Crippen LogP contribution >= 0.6 is 0 Å². The number of hydrogen-bond donors (Lipinski definition) is 0. The van der Waals surface area contributed by atoms with Crippen molar-refractivity contribution in [2.24, 2.45) is 30.8 Å². The maximum Gasteiger partial charge on any atom is 0.236 e. The lowest BCUT2D eigenvalue weighted by molar-refractivity contribution is 0.0915. The topological polar surface area (TPSA) is 118 Å². The second-order valence-corrected chi connectivity index (χ2v) is 6.48. The Bertz CT molecular complexity index is 562. The minimum absolute atomic E-state index is 0.00750. The van der Waals surface area contributed by atoms with E-state index in [1.807, 2.05) is 0 Å². The molecule has 8 nitrogen and oxygen atoms in total. The molecule has 0 aromatic heterocycles. The van der Waals surface area contributed by atoms with Crippen molar-refractivity contribution < 1.29 is 19.2 Å². The van der Waals surface area contributed by atoms with E-state index in [-0.39, 0.29) is 23.5 Å². The first-order valence-electron chi connectivity index (χ1n) is 7.00. The molecule has 1 fully saturated rings. The second-order valence-electron chi connectivity index (χ2n) is 6.48. The minimum atomic E-state index is -0.160. The van der Waals surface area contributed by atoms with Crippen LogP contribution in [0.4, 0.5) is 0 Å². The van der Waals surface area contributed by atoms with Crippen molar-refractivity contribution in [1.82, 2.24) is 0 Å². The molecule has 8 heteroatoms. The molecule has 0 aliphatic heterocycles. The molecule has 0 bridgehead atoms. The highest BCUT2D eigenvalue weighted by Crippen LogP contribution is 2.47. The van der Waals surface area contributed by atoms with E-state index >= 15 is 0 Å². The van der Waals surface area contributed by atoms with Crippen LogP contribution in [-0.4, -0.2) is 43.6 Å². The number of rotatable bonds is 5. The fraction of sp³-hybridized carbons (Fsp3) is 0.733. The van der Waals surface area contributed by atoms with Crippen LogP contribution in [0.3, 0.4) is 0 Å². The zero-order valence-electron chi connectivity index (χ0n) is 13.5. The molecule has 2 atom stereocenters. The minimum Gasteiger partial charge on any atom is -0.211 e. The standard InChI is InChI=1S/C12H18N2O2.C3H2N2O2/c1-11(2)4-10(14-9-16)5-12(3,6-11)7-13-8-15;6-2-4-1-5-3-7/h10H,4-7H2,1-3H3;1H2. The van der Waals surface area contributed by atoms with Gasteiger partial charge < -0.3 is 0 Å². The lowest BCUT2D eigenvalue weighted by Gasteiger charge is -2.44. The Balaban J connectivity index is 0.000000585. The van der Waals surface area contributed by atoms with Crippen molar-refractivity contribution in [2.75, 3.05) is 13.2 Å². The van der Waals surface area contributed by atoms with Gasteiger partial charge >= 0.3 is 0 Å². The van der Waals surface area contributed by atoms with Gasteiger partial charge in [-0.25, -0.2) is 29.2 Å². The largest absolute Gasteiger partial charge is 0.236 e. The average Bonchev–Trinajstić information content (AvgIpc) is 2.45. The molecule has 0 spiro atoms. The van der Waals surface area contributed by atoms with Gasteiger partial charge in [0.05, 0.1) is 12.6 Å². The molecule has 0 aromatic rings. The van der Waals surface area contributed by atoms with Crippen LogP contribution in [0, 0.1) is 10.8 Å². The maximum absolute atomic E-state index is 10.3. The molecule has 1 aliphatic rings. The molecule has 1 rings (SSSR count). The van der Waals surface area contributed by atoms with Crippen LogP contribution < -0.4 is 0 Å². The normalized spacial score (nSPS) is 24.2. The van der Waals surface area contributed by atoms with E-state index in [0.717, 1.165) is 19.3 Å².